The van der Waals surface area contributed by atoms with E-state index in [4.69, 9.17) is 13.4 Å². The maximum Gasteiger partial charge on any atom is 0.494 e. The fourth-order valence-electron chi connectivity index (χ4n) is 1.91. The molecule has 0 saturated carbocycles. The molecule has 1 fully saturated rings. The Labute approximate surface area is 123 Å². The minimum absolute atomic E-state index is 0.346. The van der Waals surface area contributed by atoms with Crippen LogP contribution in [-0.4, -0.2) is 31.2 Å². The molecular weight excluding hydrogens is 260 g/mol. The lowest BCUT2D eigenvalue weighted by Gasteiger charge is -2.32. The van der Waals surface area contributed by atoms with E-state index in [1.165, 1.54) is 12.1 Å². The van der Waals surface area contributed by atoms with Crippen LogP contribution < -0.4 is 10.8 Å². The molecule has 1 aliphatic rings. The second-order valence-corrected chi connectivity index (χ2v) is 5.78. The number of hydrogen-bond acceptors (Lipinski definition) is 3. The van der Waals surface area contributed by atoms with Gasteiger partial charge in [-0.1, -0.05) is 6.07 Å². The van der Waals surface area contributed by atoms with Crippen molar-refractivity contribution < 1.29 is 22.6 Å². The quantitative estimate of drug-likeness (QED) is 0.836. The second-order valence-electron chi connectivity index (χ2n) is 5.78. The summed E-state index contributed by atoms with van der Waals surface area (Å²) in [5.41, 5.74) is -1.05. The summed E-state index contributed by atoms with van der Waals surface area (Å²) in [5, 5.41) is 1.75. The first-order chi connectivity index (χ1) is 10.3. The Morgan fingerprint density at radius 2 is 1.90 bits per heavy atom. The van der Waals surface area contributed by atoms with Gasteiger partial charge in [0, 0.05) is 11.1 Å². The molecular formula is C14H19BFNO3. The lowest BCUT2D eigenvalue weighted by Crippen LogP contribution is -2.41. The molecule has 6 heteroatoms. The van der Waals surface area contributed by atoms with E-state index in [1.54, 1.807) is 5.32 Å². The Morgan fingerprint density at radius 3 is 2.40 bits per heavy atom. The SMILES string of the molecule is [2H]C([2H])([2H])NC(=O)c1ccc(B2OC(C)(C)C(C)(C)O2)cc1F. The predicted octanol–water partition coefficient (Wildman–Crippen LogP) is 1.48. The van der Waals surface area contributed by atoms with Crippen molar-refractivity contribution in [3.63, 3.8) is 0 Å². The van der Waals surface area contributed by atoms with Crippen molar-refractivity contribution in [2.24, 2.45) is 0 Å². The lowest BCUT2D eigenvalue weighted by atomic mass is 9.78. The highest BCUT2D eigenvalue weighted by Crippen LogP contribution is 2.36. The molecule has 0 bridgehead atoms. The van der Waals surface area contributed by atoms with Crippen LogP contribution in [0.15, 0.2) is 18.2 Å². The largest absolute Gasteiger partial charge is 0.494 e. The van der Waals surface area contributed by atoms with Gasteiger partial charge in [-0.25, -0.2) is 4.39 Å². The highest BCUT2D eigenvalue weighted by molar-refractivity contribution is 6.62. The van der Waals surface area contributed by atoms with Crippen molar-refractivity contribution in [1.29, 1.82) is 0 Å². The van der Waals surface area contributed by atoms with Crippen LogP contribution in [-0.2, 0) is 9.31 Å². The summed E-state index contributed by atoms with van der Waals surface area (Å²) in [6, 6.07) is 3.83. The first-order valence-corrected chi connectivity index (χ1v) is 6.30. The van der Waals surface area contributed by atoms with Crippen molar-refractivity contribution in [3.8, 4) is 0 Å². The first kappa shape index (κ1) is 11.3. The van der Waals surface area contributed by atoms with Crippen LogP contribution >= 0.6 is 0 Å². The van der Waals surface area contributed by atoms with E-state index < -0.39 is 37.0 Å². The van der Waals surface area contributed by atoms with Crippen LogP contribution in [0.2, 0.25) is 0 Å². The summed E-state index contributed by atoms with van der Waals surface area (Å²) in [4.78, 5) is 11.7. The Morgan fingerprint density at radius 1 is 1.30 bits per heavy atom. The zero-order valence-electron chi connectivity index (χ0n) is 14.9. The van der Waals surface area contributed by atoms with Crippen LogP contribution in [0.3, 0.4) is 0 Å². The van der Waals surface area contributed by atoms with Crippen LogP contribution in [0.1, 0.15) is 42.2 Å². The number of carbonyl (C=O) groups is 1. The Balaban J connectivity index is 2.23. The van der Waals surface area contributed by atoms with E-state index in [2.05, 4.69) is 0 Å². The number of halogens is 1. The fourth-order valence-corrected chi connectivity index (χ4v) is 1.91. The minimum Gasteiger partial charge on any atom is -0.399 e. The molecule has 1 aliphatic heterocycles. The molecule has 0 aromatic heterocycles. The van der Waals surface area contributed by atoms with Gasteiger partial charge in [-0.2, -0.15) is 0 Å². The average Bonchev–Trinajstić information content (AvgIpc) is 2.56. The number of carbonyl (C=O) groups excluding carboxylic acids is 1. The van der Waals surface area contributed by atoms with Gasteiger partial charge >= 0.3 is 7.12 Å². The van der Waals surface area contributed by atoms with Crippen molar-refractivity contribution in [2.75, 3.05) is 6.98 Å². The van der Waals surface area contributed by atoms with Gasteiger partial charge < -0.3 is 14.6 Å². The molecule has 0 atom stereocenters. The molecule has 1 N–H and O–H groups in total. The van der Waals surface area contributed by atoms with Crippen molar-refractivity contribution in [2.45, 2.75) is 38.9 Å². The Kier molecular flexibility index (Phi) is 2.74. The molecule has 0 spiro atoms. The predicted molar refractivity (Wildman–Crippen MR) is 75.5 cm³/mol. The average molecular weight is 282 g/mol. The second kappa shape index (κ2) is 4.86. The molecule has 1 saturated heterocycles. The third kappa shape index (κ3) is 2.45. The molecule has 1 amide bonds. The molecule has 1 aromatic rings. The lowest BCUT2D eigenvalue weighted by molar-refractivity contribution is 0.00578. The summed E-state index contributed by atoms with van der Waals surface area (Å²) in [7, 11) is -0.755. The van der Waals surface area contributed by atoms with Crippen LogP contribution in [0, 0.1) is 5.82 Å². The van der Waals surface area contributed by atoms with Crippen molar-refractivity contribution in [3.05, 3.63) is 29.6 Å². The van der Waals surface area contributed by atoms with Gasteiger partial charge in [0.05, 0.1) is 16.8 Å². The monoisotopic (exact) mass is 282 g/mol. The summed E-state index contributed by atoms with van der Waals surface area (Å²) in [5.74, 6) is -1.83. The van der Waals surface area contributed by atoms with Gasteiger partial charge in [0.15, 0.2) is 0 Å². The molecule has 108 valence electrons. The van der Waals surface area contributed by atoms with Crippen molar-refractivity contribution >= 4 is 18.5 Å². The van der Waals surface area contributed by atoms with Crippen LogP contribution in [0.5, 0.6) is 0 Å². The smallest absolute Gasteiger partial charge is 0.399 e. The van der Waals surface area contributed by atoms with Crippen LogP contribution in [0.25, 0.3) is 0 Å². The van der Waals surface area contributed by atoms with Gasteiger partial charge in [0.25, 0.3) is 5.91 Å². The van der Waals surface area contributed by atoms with Gasteiger partial charge in [-0.05, 0) is 45.3 Å². The fraction of sp³-hybridized carbons (Fsp3) is 0.500. The van der Waals surface area contributed by atoms with E-state index >= 15 is 0 Å². The maximum atomic E-state index is 14.2. The number of hydrogen-bond donors (Lipinski definition) is 1. The highest BCUT2D eigenvalue weighted by Gasteiger charge is 2.51. The molecule has 1 aromatic carbocycles. The Hall–Kier alpha value is -1.40. The number of nitrogens with one attached hydrogen (secondary N) is 1. The minimum atomic E-state index is -2.67. The van der Waals surface area contributed by atoms with E-state index in [1.807, 2.05) is 27.7 Å². The van der Waals surface area contributed by atoms with E-state index in [0.29, 0.717) is 5.46 Å². The Bertz CT molecular complexity index is 618. The molecule has 2 rings (SSSR count). The highest BCUT2D eigenvalue weighted by atomic mass is 19.1. The summed E-state index contributed by atoms with van der Waals surface area (Å²) < 4.78 is 46.7. The summed E-state index contributed by atoms with van der Waals surface area (Å²) in [6.07, 6.45) is 0. The van der Waals surface area contributed by atoms with Gasteiger partial charge in [-0.15, -0.1) is 0 Å². The third-order valence-electron chi connectivity index (χ3n) is 3.88. The van der Waals surface area contributed by atoms with Crippen molar-refractivity contribution in [1.82, 2.24) is 5.32 Å². The maximum absolute atomic E-state index is 14.2. The summed E-state index contributed by atoms with van der Waals surface area (Å²) >= 11 is 0. The number of amides is 1. The topological polar surface area (TPSA) is 47.6 Å². The zero-order chi connectivity index (χ0) is 17.6. The standard InChI is InChI=1S/C14H19BFNO3/c1-13(2)14(3,4)20-15(19-13)9-6-7-10(11(16)8-9)12(18)17-5/h6-8H,1-5H3,(H,17,18)/i5D3. The molecule has 20 heavy (non-hydrogen) atoms. The molecule has 4 nitrogen and oxygen atoms in total. The van der Waals surface area contributed by atoms with Crippen LogP contribution in [0.4, 0.5) is 4.39 Å². The molecule has 1 heterocycles. The molecule has 0 aliphatic carbocycles. The normalized spacial score (nSPS) is 22.9. The zero-order valence-corrected chi connectivity index (χ0v) is 11.9. The molecule has 0 unspecified atom stereocenters. The van der Waals surface area contributed by atoms with E-state index in [-0.39, 0.29) is 5.56 Å². The summed E-state index contributed by atoms with van der Waals surface area (Å²) in [6.45, 7) is 4.83. The van der Waals surface area contributed by atoms with Gasteiger partial charge in [-0.3, -0.25) is 4.79 Å². The first-order valence-electron chi connectivity index (χ1n) is 7.80. The number of benzene rings is 1. The van der Waals surface area contributed by atoms with E-state index in [9.17, 15) is 9.18 Å². The molecule has 0 radical (unpaired) electrons. The van der Waals surface area contributed by atoms with E-state index in [0.717, 1.165) is 6.07 Å². The number of rotatable bonds is 2. The van der Waals surface area contributed by atoms with Gasteiger partial charge in [0.2, 0.25) is 0 Å². The third-order valence-corrected chi connectivity index (χ3v) is 3.88. The van der Waals surface area contributed by atoms with Gasteiger partial charge in [0.1, 0.15) is 5.82 Å².